The molecule has 138 valence electrons. The van der Waals surface area contributed by atoms with Gasteiger partial charge in [0.15, 0.2) is 4.34 Å². The summed E-state index contributed by atoms with van der Waals surface area (Å²) < 4.78 is 0.769. The normalized spacial score (nSPS) is 13.8. The average Bonchev–Trinajstić information content (AvgIpc) is 3.31. The summed E-state index contributed by atoms with van der Waals surface area (Å²) in [6.45, 7) is 1.89. The molecular weight excluding hydrogens is 376 g/mol. The molecule has 1 aliphatic carbocycles. The van der Waals surface area contributed by atoms with Crippen LogP contribution in [-0.4, -0.2) is 21.4 Å². The van der Waals surface area contributed by atoms with Crippen molar-refractivity contribution in [3.8, 4) is 0 Å². The molecule has 0 aliphatic heterocycles. The molecule has 5 nitrogen and oxygen atoms in total. The summed E-state index contributed by atoms with van der Waals surface area (Å²) in [5.74, 6) is -0.0225. The number of rotatable bonds is 6. The Bertz CT molecular complexity index is 942. The Morgan fingerprint density at radius 3 is 2.74 bits per heavy atom. The lowest BCUT2D eigenvalue weighted by atomic mass is 10.1. The van der Waals surface area contributed by atoms with Crippen molar-refractivity contribution in [3.63, 3.8) is 0 Å². The highest BCUT2D eigenvalue weighted by molar-refractivity contribution is 8.02. The van der Waals surface area contributed by atoms with E-state index in [1.807, 2.05) is 43.3 Å². The van der Waals surface area contributed by atoms with Crippen LogP contribution >= 0.6 is 23.1 Å². The third-order valence-corrected chi connectivity index (χ3v) is 6.47. The number of nitrogens with zero attached hydrogens (tertiary/aromatic N) is 2. The maximum absolute atomic E-state index is 12.5. The molecule has 2 aromatic carbocycles. The van der Waals surface area contributed by atoms with Crippen molar-refractivity contribution in [3.05, 3.63) is 59.7 Å². The van der Waals surface area contributed by atoms with Gasteiger partial charge in [0.2, 0.25) is 11.0 Å². The lowest BCUT2D eigenvalue weighted by Gasteiger charge is -2.11. The Labute approximate surface area is 166 Å². The van der Waals surface area contributed by atoms with Crippen LogP contribution in [0.1, 0.15) is 24.5 Å². The number of aryl methyl sites for hydroxylation is 2. The first-order chi connectivity index (χ1) is 13.2. The van der Waals surface area contributed by atoms with E-state index in [0.29, 0.717) is 0 Å². The first-order valence-corrected chi connectivity index (χ1v) is 10.6. The van der Waals surface area contributed by atoms with Gasteiger partial charge in [0.25, 0.3) is 0 Å². The van der Waals surface area contributed by atoms with Crippen LogP contribution in [0.25, 0.3) is 0 Å². The first-order valence-electron chi connectivity index (χ1n) is 8.92. The maximum Gasteiger partial charge on any atom is 0.237 e. The van der Waals surface area contributed by atoms with Crippen LogP contribution in [0, 0.1) is 0 Å². The molecule has 0 bridgehead atoms. The minimum Gasteiger partial charge on any atom is -0.330 e. The lowest BCUT2D eigenvalue weighted by molar-refractivity contribution is -0.115. The smallest absolute Gasteiger partial charge is 0.237 e. The number of aromatic nitrogens is 2. The molecule has 1 amide bonds. The van der Waals surface area contributed by atoms with E-state index in [-0.39, 0.29) is 11.2 Å². The highest BCUT2D eigenvalue weighted by atomic mass is 32.2. The predicted octanol–water partition coefficient (Wildman–Crippen LogP) is 4.89. The quantitative estimate of drug-likeness (QED) is 0.581. The SMILES string of the molecule is C[C@@H](Sc1nnc(Nc2ccccc2)s1)C(=O)Nc1ccc2c(c1)CCC2. The molecule has 0 radical (unpaired) electrons. The molecule has 7 heteroatoms. The van der Waals surface area contributed by atoms with Crippen LogP contribution in [0.4, 0.5) is 16.5 Å². The van der Waals surface area contributed by atoms with Crippen molar-refractivity contribution in [2.24, 2.45) is 0 Å². The Balaban J connectivity index is 1.34. The van der Waals surface area contributed by atoms with Gasteiger partial charge in [-0.05, 0) is 61.6 Å². The second kappa shape index (κ2) is 8.10. The van der Waals surface area contributed by atoms with Gasteiger partial charge in [-0.3, -0.25) is 4.79 Å². The summed E-state index contributed by atoms with van der Waals surface area (Å²) in [4.78, 5) is 12.5. The number of para-hydroxylation sites is 1. The highest BCUT2D eigenvalue weighted by Crippen LogP contribution is 2.31. The molecule has 1 atom stereocenters. The van der Waals surface area contributed by atoms with Crippen molar-refractivity contribution in [2.45, 2.75) is 35.8 Å². The van der Waals surface area contributed by atoms with E-state index in [4.69, 9.17) is 0 Å². The molecule has 0 saturated carbocycles. The summed E-state index contributed by atoms with van der Waals surface area (Å²) in [6, 6.07) is 16.1. The van der Waals surface area contributed by atoms with Crippen molar-refractivity contribution in [1.82, 2.24) is 10.2 Å². The zero-order valence-corrected chi connectivity index (χ0v) is 16.6. The topological polar surface area (TPSA) is 66.9 Å². The van der Waals surface area contributed by atoms with Gasteiger partial charge in [0, 0.05) is 11.4 Å². The van der Waals surface area contributed by atoms with Crippen LogP contribution in [0.2, 0.25) is 0 Å². The minimum absolute atomic E-state index is 0.0225. The number of hydrogen-bond acceptors (Lipinski definition) is 6. The summed E-state index contributed by atoms with van der Waals surface area (Å²) in [7, 11) is 0. The number of amides is 1. The van der Waals surface area contributed by atoms with Gasteiger partial charge in [-0.25, -0.2) is 0 Å². The number of fused-ring (bicyclic) bond motifs is 1. The largest absolute Gasteiger partial charge is 0.330 e. The number of hydrogen-bond donors (Lipinski definition) is 2. The molecule has 3 aromatic rings. The highest BCUT2D eigenvalue weighted by Gasteiger charge is 2.18. The van der Waals surface area contributed by atoms with Gasteiger partial charge < -0.3 is 10.6 Å². The van der Waals surface area contributed by atoms with Gasteiger partial charge in [-0.1, -0.05) is 47.4 Å². The zero-order valence-electron chi connectivity index (χ0n) is 14.9. The fourth-order valence-electron chi connectivity index (χ4n) is 3.05. The van der Waals surface area contributed by atoms with Crippen molar-refractivity contribution in [1.29, 1.82) is 0 Å². The van der Waals surface area contributed by atoms with E-state index in [9.17, 15) is 4.79 Å². The summed E-state index contributed by atoms with van der Waals surface area (Å²) >= 11 is 2.87. The van der Waals surface area contributed by atoms with E-state index >= 15 is 0 Å². The van der Waals surface area contributed by atoms with Crippen LogP contribution in [0.3, 0.4) is 0 Å². The second-order valence-electron chi connectivity index (χ2n) is 6.45. The molecule has 1 heterocycles. The second-order valence-corrected chi connectivity index (χ2v) is 9.02. The molecule has 0 spiro atoms. The number of carbonyl (C=O) groups is 1. The van der Waals surface area contributed by atoms with E-state index in [2.05, 4.69) is 33.0 Å². The number of anilines is 3. The fourth-order valence-corrected chi connectivity index (χ4v) is 4.97. The Kier molecular flexibility index (Phi) is 5.40. The molecule has 0 fully saturated rings. The third-order valence-electron chi connectivity index (χ3n) is 4.44. The fraction of sp³-hybridized carbons (Fsp3) is 0.250. The number of carbonyl (C=O) groups excluding carboxylic acids is 1. The molecule has 1 aromatic heterocycles. The molecule has 0 saturated heterocycles. The molecule has 27 heavy (non-hydrogen) atoms. The molecule has 2 N–H and O–H groups in total. The Morgan fingerprint density at radius 2 is 1.89 bits per heavy atom. The molecule has 4 rings (SSSR count). The number of benzene rings is 2. The van der Waals surface area contributed by atoms with E-state index in [0.717, 1.165) is 33.7 Å². The minimum atomic E-state index is -0.254. The van der Waals surface area contributed by atoms with Gasteiger partial charge >= 0.3 is 0 Å². The Hall–Kier alpha value is -2.38. The zero-order chi connectivity index (χ0) is 18.6. The molecule has 0 unspecified atom stereocenters. The van der Waals surface area contributed by atoms with Crippen LogP contribution in [0.5, 0.6) is 0 Å². The predicted molar refractivity (Wildman–Crippen MR) is 112 cm³/mol. The van der Waals surface area contributed by atoms with Crippen molar-refractivity contribution < 1.29 is 4.79 Å². The number of thioether (sulfide) groups is 1. The monoisotopic (exact) mass is 396 g/mol. The summed E-state index contributed by atoms with van der Waals surface area (Å²) in [6.07, 6.45) is 3.45. The van der Waals surface area contributed by atoms with Crippen molar-refractivity contribution >= 4 is 45.5 Å². The molecule has 1 aliphatic rings. The first kappa shape index (κ1) is 18.0. The van der Waals surface area contributed by atoms with Crippen LogP contribution in [-0.2, 0) is 17.6 Å². The maximum atomic E-state index is 12.5. The van der Waals surface area contributed by atoms with Crippen LogP contribution in [0.15, 0.2) is 52.9 Å². The Morgan fingerprint density at radius 1 is 1.07 bits per heavy atom. The third kappa shape index (κ3) is 4.48. The standard InChI is InChI=1S/C20H20N4OS2/c1-13(18(25)21-17-11-10-14-6-5-7-15(14)12-17)26-20-24-23-19(27-20)22-16-8-3-2-4-9-16/h2-4,8-13H,5-7H2,1H3,(H,21,25)(H,22,23)/t13-/m1/s1. The van der Waals surface area contributed by atoms with Gasteiger partial charge in [-0.15, -0.1) is 10.2 Å². The molecular formula is C20H20N4OS2. The summed E-state index contributed by atoms with van der Waals surface area (Å²) in [5, 5.41) is 15.0. The van der Waals surface area contributed by atoms with E-state index in [1.165, 1.54) is 40.6 Å². The van der Waals surface area contributed by atoms with E-state index < -0.39 is 0 Å². The average molecular weight is 397 g/mol. The van der Waals surface area contributed by atoms with Crippen LogP contribution < -0.4 is 10.6 Å². The van der Waals surface area contributed by atoms with Gasteiger partial charge in [0.05, 0.1) is 5.25 Å². The van der Waals surface area contributed by atoms with Gasteiger partial charge in [-0.2, -0.15) is 0 Å². The number of nitrogens with one attached hydrogen (secondary N) is 2. The van der Waals surface area contributed by atoms with Gasteiger partial charge in [0.1, 0.15) is 0 Å². The van der Waals surface area contributed by atoms with Crippen molar-refractivity contribution in [2.75, 3.05) is 10.6 Å². The van der Waals surface area contributed by atoms with E-state index in [1.54, 1.807) is 0 Å². The lowest BCUT2D eigenvalue weighted by Crippen LogP contribution is -2.22. The summed E-state index contributed by atoms with van der Waals surface area (Å²) in [5.41, 5.74) is 4.60.